The number of phenols is 1. The molecular weight excluding hydrogens is 374 g/mol. The second-order valence-electron chi connectivity index (χ2n) is 7.24. The standard InChI is InChI=1S/C22H31NO.BrH/c1-16(2)23(17(3)4)14-13-20(19-9-7-6-8-10-19)21-15-18(5)11-12-22(21)24;/h6-12,15-17,20,24H,13-14H2,1-5H3;1H/t20-;/m1./s1. The highest BCUT2D eigenvalue weighted by Crippen LogP contribution is 2.35. The Kier molecular flexibility index (Phi) is 8.67. The molecule has 0 unspecified atom stereocenters. The Morgan fingerprint density at radius 1 is 0.920 bits per heavy atom. The lowest BCUT2D eigenvalue weighted by Crippen LogP contribution is -2.38. The summed E-state index contributed by atoms with van der Waals surface area (Å²) in [7, 11) is 0. The van der Waals surface area contributed by atoms with Gasteiger partial charge < -0.3 is 5.11 Å². The molecule has 0 saturated heterocycles. The molecule has 2 aromatic rings. The number of rotatable bonds is 7. The van der Waals surface area contributed by atoms with E-state index in [9.17, 15) is 5.11 Å². The molecule has 0 saturated carbocycles. The number of phenolic OH excluding ortho intramolecular Hbond substituents is 1. The second-order valence-corrected chi connectivity index (χ2v) is 7.24. The van der Waals surface area contributed by atoms with Gasteiger partial charge >= 0.3 is 0 Å². The predicted octanol–water partition coefficient (Wildman–Crippen LogP) is 5.92. The van der Waals surface area contributed by atoms with Crippen LogP contribution in [0.1, 0.15) is 56.7 Å². The highest BCUT2D eigenvalue weighted by Gasteiger charge is 2.21. The van der Waals surface area contributed by atoms with Gasteiger partial charge in [0.1, 0.15) is 5.75 Å². The Morgan fingerprint density at radius 3 is 2.08 bits per heavy atom. The summed E-state index contributed by atoms with van der Waals surface area (Å²) >= 11 is 0. The average molecular weight is 406 g/mol. The molecule has 0 fully saturated rings. The topological polar surface area (TPSA) is 23.5 Å². The summed E-state index contributed by atoms with van der Waals surface area (Å²) in [6.45, 7) is 12.1. The zero-order valence-electron chi connectivity index (χ0n) is 16.1. The molecule has 2 aromatic carbocycles. The summed E-state index contributed by atoms with van der Waals surface area (Å²) < 4.78 is 0. The van der Waals surface area contributed by atoms with Gasteiger partial charge in [0.2, 0.25) is 0 Å². The fourth-order valence-electron chi connectivity index (χ4n) is 3.53. The number of halogens is 1. The zero-order chi connectivity index (χ0) is 17.7. The lowest BCUT2D eigenvalue weighted by atomic mass is 9.87. The summed E-state index contributed by atoms with van der Waals surface area (Å²) in [5, 5.41) is 10.4. The first-order chi connectivity index (χ1) is 11.4. The van der Waals surface area contributed by atoms with Crippen molar-refractivity contribution >= 4 is 17.0 Å². The van der Waals surface area contributed by atoms with Gasteiger partial charge in [-0.25, -0.2) is 0 Å². The molecule has 0 amide bonds. The van der Waals surface area contributed by atoms with E-state index in [0.717, 1.165) is 18.5 Å². The molecule has 0 radical (unpaired) electrons. The minimum Gasteiger partial charge on any atom is -0.508 e. The lowest BCUT2D eigenvalue weighted by Gasteiger charge is -2.32. The zero-order valence-corrected chi connectivity index (χ0v) is 17.8. The van der Waals surface area contributed by atoms with Crippen molar-refractivity contribution < 1.29 is 5.11 Å². The highest BCUT2D eigenvalue weighted by atomic mass is 79.9. The Hall–Kier alpha value is -1.32. The fraction of sp³-hybridized carbons (Fsp3) is 0.455. The van der Waals surface area contributed by atoms with E-state index in [4.69, 9.17) is 0 Å². The number of benzene rings is 2. The molecule has 2 nitrogen and oxygen atoms in total. The van der Waals surface area contributed by atoms with E-state index in [-0.39, 0.29) is 22.9 Å². The van der Waals surface area contributed by atoms with E-state index in [1.165, 1.54) is 11.1 Å². The van der Waals surface area contributed by atoms with Gasteiger partial charge in [-0.15, -0.1) is 17.0 Å². The first kappa shape index (κ1) is 21.7. The van der Waals surface area contributed by atoms with E-state index in [1.807, 2.05) is 18.2 Å². The van der Waals surface area contributed by atoms with Crippen molar-refractivity contribution in [3.05, 3.63) is 65.2 Å². The summed E-state index contributed by atoms with van der Waals surface area (Å²) in [5.41, 5.74) is 3.49. The van der Waals surface area contributed by atoms with Crippen LogP contribution in [0.15, 0.2) is 48.5 Å². The minimum atomic E-state index is 0. The quantitative estimate of drug-likeness (QED) is 0.617. The van der Waals surface area contributed by atoms with Gasteiger partial charge in [0.25, 0.3) is 0 Å². The van der Waals surface area contributed by atoms with Crippen molar-refractivity contribution in [2.75, 3.05) is 6.54 Å². The van der Waals surface area contributed by atoms with E-state index < -0.39 is 0 Å². The molecule has 1 atom stereocenters. The fourth-order valence-corrected chi connectivity index (χ4v) is 3.53. The van der Waals surface area contributed by atoms with Gasteiger partial charge in [-0.3, -0.25) is 4.90 Å². The summed E-state index contributed by atoms with van der Waals surface area (Å²) in [6.07, 6.45) is 0.997. The third kappa shape index (κ3) is 5.86. The van der Waals surface area contributed by atoms with E-state index in [1.54, 1.807) is 0 Å². The molecule has 0 aliphatic rings. The normalized spacial score (nSPS) is 12.5. The molecule has 0 spiro atoms. The summed E-state index contributed by atoms with van der Waals surface area (Å²) in [4.78, 5) is 2.52. The van der Waals surface area contributed by atoms with Crippen LogP contribution in [0.5, 0.6) is 5.75 Å². The number of hydrogen-bond donors (Lipinski definition) is 1. The van der Waals surface area contributed by atoms with Crippen LogP contribution >= 0.6 is 17.0 Å². The summed E-state index contributed by atoms with van der Waals surface area (Å²) in [6, 6.07) is 17.5. The maximum absolute atomic E-state index is 10.4. The van der Waals surface area contributed by atoms with Crippen molar-refractivity contribution in [3.63, 3.8) is 0 Å². The van der Waals surface area contributed by atoms with Gasteiger partial charge in [0.15, 0.2) is 0 Å². The van der Waals surface area contributed by atoms with E-state index in [2.05, 4.69) is 69.9 Å². The first-order valence-electron chi connectivity index (χ1n) is 9.00. The minimum absolute atomic E-state index is 0. The van der Waals surface area contributed by atoms with Crippen molar-refractivity contribution in [1.29, 1.82) is 0 Å². The molecule has 0 aromatic heterocycles. The van der Waals surface area contributed by atoms with Gasteiger partial charge in [-0.1, -0.05) is 48.0 Å². The molecule has 3 heteroatoms. The molecule has 0 heterocycles. The largest absolute Gasteiger partial charge is 0.508 e. The molecule has 2 rings (SSSR count). The Labute approximate surface area is 163 Å². The third-order valence-electron chi connectivity index (χ3n) is 4.76. The molecule has 25 heavy (non-hydrogen) atoms. The van der Waals surface area contributed by atoms with Gasteiger partial charge in [0, 0.05) is 23.6 Å². The van der Waals surface area contributed by atoms with Crippen molar-refractivity contribution in [3.8, 4) is 5.75 Å². The predicted molar refractivity (Wildman–Crippen MR) is 113 cm³/mol. The van der Waals surface area contributed by atoms with Crippen LogP contribution in [0, 0.1) is 6.92 Å². The smallest absolute Gasteiger partial charge is 0.119 e. The van der Waals surface area contributed by atoms with Gasteiger partial charge in [0.05, 0.1) is 0 Å². The molecule has 0 aliphatic heterocycles. The molecule has 0 aliphatic carbocycles. The van der Waals surface area contributed by atoms with Crippen LogP contribution in [0.4, 0.5) is 0 Å². The summed E-state index contributed by atoms with van der Waals surface area (Å²) in [5.74, 6) is 0.612. The second kappa shape index (κ2) is 9.98. The van der Waals surface area contributed by atoms with Crippen LogP contribution in [0.2, 0.25) is 0 Å². The number of aryl methyl sites for hydroxylation is 1. The molecule has 0 bridgehead atoms. The van der Waals surface area contributed by atoms with E-state index in [0.29, 0.717) is 17.8 Å². The van der Waals surface area contributed by atoms with Crippen LogP contribution in [0.25, 0.3) is 0 Å². The lowest BCUT2D eigenvalue weighted by molar-refractivity contribution is 0.170. The van der Waals surface area contributed by atoms with Crippen LogP contribution in [-0.4, -0.2) is 28.6 Å². The average Bonchev–Trinajstić information content (AvgIpc) is 2.54. The van der Waals surface area contributed by atoms with Crippen molar-refractivity contribution in [2.45, 2.75) is 59.0 Å². The van der Waals surface area contributed by atoms with Crippen LogP contribution < -0.4 is 0 Å². The van der Waals surface area contributed by atoms with Gasteiger partial charge in [-0.05, 0) is 59.2 Å². The van der Waals surface area contributed by atoms with Crippen molar-refractivity contribution in [2.24, 2.45) is 0 Å². The maximum Gasteiger partial charge on any atom is 0.119 e. The number of nitrogens with zero attached hydrogens (tertiary/aromatic N) is 1. The first-order valence-corrected chi connectivity index (χ1v) is 9.00. The SMILES string of the molecule is Br.Cc1ccc(O)c([C@H](CCN(C(C)C)C(C)C)c2ccccc2)c1. The Balaban J connectivity index is 0.00000312. The number of hydrogen-bond acceptors (Lipinski definition) is 2. The maximum atomic E-state index is 10.4. The third-order valence-corrected chi connectivity index (χ3v) is 4.76. The molecular formula is C22H32BrNO. The van der Waals surface area contributed by atoms with Gasteiger partial charge in [-0.2, -0.15) is 0 Å². The molecule has 138 valence electrons. The van der Waals surface area contributed by atoms with Crippen LogP contribution in [-0.2, 0) is 0 Å². The monoisotopic (exact) mass is 405 g/mol. The number of aromatic hydroxyl groups is 1. The molecule has 1 N–H and O–H groups in total. The highest BCUT2D eigenvalue weighted by molar-refractivity contribution is 8.93. The van der Waals surface area contributed by atoms with Crippen LogP contribution in [0.3, 0.4) is 0 Å². The Bertz CT molecular complexity index is 632. The van der Waals surface area contributed by atoms with Crippen molar-refractivity contribution in [1.82, 2.24) is 4.90 Å². The Morgan fingerprint density at radius 2 is 1.52 bits per heavy atom. The van der Waals surface area contributed by atoms with E-state index >= 15 is 0 Å².